The van der Waals surface area contributed by atoms with Gasteiger partial charge >= 0.3 is 12.0 Å². The van der Waals surface area contributed by atoms with Gasteiger partial charge in [0.05, 0.1) is 18.2 Å². The number of carbonyl (C=O) groups excluding carboxylic acids is 1. The van der Waals surface area contributed by atoms with Crippen LogP contribution >= 0.6 is 0 Å². The molecule has 0 aromatic heterocycles. The third-order valence-electron chi connectivity index (χ3n) is 3.98. The van der Waals surface area contributed by atoms with Gasteiger partial charge in [0.25, 0.3) is 0 Å². The monoisotopic (exact) mass is 290 g/mol. The van der Waals surface area contributed by atoms with Gasteiger partial charge in [-0.15, -0.1) is 0 Å². The molecule has 21 heavy (non-hydrogen) atoms. The van der Waals surface area contributed by atoms with Crippen molar-refractivity contribution in [2.45, 2.75) is 12.8 Å². The molecule has 1 saturated heterocycles. The van der Waals surface area contributed by atoms with E-state index in [0.717, 1.165) is 12.1 Å². The van der Waals surface area contributed by atoms with Crippen molar-refractivity contribution in [3.8, 4) is 5.75 Å². The number of nitrogens with zero attached hydrogens (tertiary/aromatic N) is 2. The number of carboxylic acid groups (broad SMARTS) is 1. The molecule has 1 fully saturated rings. The fourth-order valence-corrected chi connectivity index (χ4v) is 2.83. The number of para-hydroxylation sites is 2. The Bertz CT molecular complexity index is 560. The molecule has 1 atom stereocenters. The number of aliphatic carboxylic acids is 1. The molecule has 0 bridgehead atoms. The molecule has 1 N–H and O–H groups in total. The molecule has 6 heteroatoms. The predicted molar refractivity (Wildman–Crippen MR) is 76.6 cm³/mol. The van der Waals surface area contributed by atoms with Gasteiger partial charge in [-0.25, -0.2) is 4.79 Å². The molecule has 1 aromatic rings. The molecule has 112 valence electrons. The van der Waals surface area contributed by atoms with E-state index in [-0.39, 0.29) is 12.6 Å². The lowest BCUT2D eigenvalue weighted by molar-refractivity contribution is -0.141. The SMILES string of the molecule is O=C(O)C1CCN(C(=O)N2CCCOc3ccccc32)C1. The number of fused-ring (bicyclic) bond motifs is 1. The zero-order valence-electron chi connectivity index (χ0n) is 11.7. The molecule has 3 rings (SSSR count). The lowest BCUT2D eigenvalue weighted by Gasteiger charge is -2.27. The van der Waals surface area contributed by atoms with Crippen molar-refractivity contribution in [1.29, 1.82) is 0 Å². The Morgan fingerprint density at radius 2 is 2.05 bits per heavy atom. The van der Waals surface area contributed by atoms with Crippen LogP contribution in [0.15, 0.2) is 24.3 Å². The first kappa shape index (κ1) is 13.7. The molecule has 1 unspecified atom stereocenters. The van der Waals surface area contributed by atoms with Crippen molar-refractivity contribution >= 4 is 17.7 Å². The number of anilines is 1. The standard InChI is InChI=1S/C15H18N2O4/c18-14(19)11-6-8-16(10-11)15(20)17-7-3-9-21-13-5-2-1-4-12(13)17/h1-2,4-5,11H,3,6-10H2,(H,18,19). The van der Waals surface area contributed by atoms with Crippen molar-refractivity contribution in [3.63, 3.8) is 0 Å². The zero-order chi connectivity index (χ0) is 14.8. The van der Waals surface area contributed by atoms with Crippen LogP contribution in [0.2, 0.25) is 0 Å². The molecule has 1 aromatic carbocycles. The quantitative estimate of drug-likeness (QED) is 0.856. The predicted octanol–water partition coefficient (Wildman–Crippen LogP) is 1.80. The smallest absolute Gasteiger partial charge is 0.324 e. The highest BCUT2D eigenvalue weighted by Gasteiger charge is 2.34. The van der Waals surface area contributed by atoms with E-state index < -0.39 is 11.9 Å². The highest BCUT2D eigenvalue weighted by molar-refractivity contribution is 5.94. The molecule has 2 amide bonds. The van der Waals surface area contributed by atoms with Gasteiger partial charge < -0.3 is 14.7 Å². The summed E-state index contributed by atoms with van der Waals surface area (Å²) < 4.78 is 5.64. The topological polar surface area (TPSA) is 70.1 Å². The normalized spacial score (nSPS) is 21.4. The number of urea groups is 1. The van der Waals surface area contributed by atoms with Crippen LogP contribution < -0.4 is 9.64 Å². The number of hydrogen-bond acceptors (Lipinski definition) is 3. The second kappa shape index (κ2) is 5.63. The summed E-state index contributed by atoms with van der Waals surface area (Å²) in [6.07, 6.45) is 1.28. The molecule has 2 aliphatic rings. The largest absolute Gasteiger partial charge is 0.491 e. The number of rotatable bonds is 1. The summed E-state index contributed by atoms with van der Waals surface area (Å²) >= 11 is 0. The number of carboxylic acids is 1. The fraction of sp³-hybridized carbons (Fsp3) is 0.467. The van der Waals surface area contributed by atoms with E-state index in [0.29, 0.717) is 31.9 Å². The van der Waals surface area contributed by atoms with Gasteiger partial charge in [0.15, 0.2) is 0 Å². The minimum Gasteiger partial charge on any atom is -0.491 e. The van der Waals surface area contributed by atoms with Gasteiger partial charge in [0.1, 0.15) is 5.75 Å². The summed E-state index contributed by atoms with van der Waals surface area (Å²) in [5.41, 5.74) is 0.763. The summed E-state index contributed by atoms with van der Waals surface area (Å²) in [6, 6.07) is 7.34. The van der Waals surface area contributed by atoms with E-state index in [4.69, 9.17) is 9.84 Å². The molecule has 2 heterocycles. The van der Waals surface area contributed by atoms with Crippen LogP contribution in [0.5, 0.6) is 5.75 Å². The van der Waals surface area contributed by atoms with Crippen LogP contribution in [0, 0.1) is 5.92 Å². The van der Waals surface area contributed by atoms with Gasteiger partial charge in [0, 0.05) is 19.6 Å². The number of ether oxygens (including phenoxy) is 1. The number of amides is 2. The van der Waals surface area contributed by atoms with E-state index in [1.165, 1.54) is 0 Å². The third-order valence-corrected chi connectivity index (χ3v) is 3.98. The lowest BCUT2D eigenvalue weighted by atomic mass is 10.1. The molecule has 6 nitrogen and oxygen atoms in total. The van der Waals surface area contributed by atoms with E-state index in [1.807, 2.05) is 24.3 Å². The van der Waals surface area contributed by atoms with Crippen molar-refractivity contribution in [3.05, 3.63) is 24.3 Å². The number of benzene rings is 1. The molecular weight excluding hydrogens is 272 g/mol. The maximum absolute atomic E-state index is 12.7. The van der Waals surface area contributed by atoms with Gasteiger partial charge in [-0.3, -0.25) is 9.69 Å². The summed E-state index contributed by atoms with van der Waals surface area (Å²) in [7, 11) is 0. The van der Waals surface area contributed by atoms with Gasteiger partial charge in [-0.1, -0.05) is 12.1 Å². The van der Waals surface area contributed by atoms with Crippen LogP contribution in [0.4, 0.5) is 10.5 Å². The summed E-state index contributed by atoms with van der Waals surface area (Å²) in [5.74, 6) is -0.574. The lowest BCUT2D eigenvalue weighted by Crippen LogP contribution is -2.43. The Labute approximate surface area is 122 Å². The average molecular weight is 290 g/mol. The Kier molecular flexibility index (Phi) is 3.68. The number of carbonyl (C=O) groups is 2. The first-order valence-electron chi connectivity index (χ1n) is 7.18. The van der Waals surface area contributed by atoms with Crippen LogP contribution in [0.3, 0.4) is 0 Å². The maximum Gasteiger partial charge on any atom is 0.324 e. The third kappa shape index (κ3) is 2.66. The van der Waals surface area contributed by atoms with Gasteiger partial charge in [0.2, 0.25) is 0 Å². The fourth-order valence-electron chi connectivity index (χ4n) is 2.83. The van der Waals surface area contributed by atoms with Crippen LogP contribution in [-0.2, 0) is 4.79 Å². The van der Waals surface area contributed by atoms with Gasteiger partial charge in [-0.2, -0.15) is 0 Å². The van der Waals surface area contributed by atoms with Gasteiger partial charge in [-0.05, 0) is 25.0 Å². The van der Waals surface area contributed by atoms with E-state index in [2.05, 4.69) is 0 Å². The first-order valence-corrected chi connectivity index (χ1v) is 7.18. The van der Waals surface area contributed by atoms with Crippen molar-refractivity contribution < 1.29 is 19.4 Å². The second-order valence-electron chi connectivity index (χ2n) is 5.37. The van der Waals surface area contributed by atoms with E-state index >= 15 is 0 Å². The summed E-state index contributed by atoms with van der Waals surface area (Å²) in [6.45, 7) is 1.95. The minimum atomic E-state index is -0.829. The highest BCUT2D eigenvalue weighted by atomic mass is 16.5. The Morgan fingerprint density at radius 3 is 2.81 bits per heavy atom. The molecule has 2 aliphatic heterocycles. The first-order chi connectivity index (χ1) is 10.2. The number of likely N-dealkylation sites (tertiary alicyclic amines) is 1. The Hall–Kier alpha value is -2.24. The minimum absolute atomic E-state index is 0.128. The summed E-state index contributed by atoms with van der Waals surface area (Å²) in [5, 5.41) is 9.05. The second-order valence-corrected chi connectivity index (χ2v) is 5.37. The van der Waals surface area contributed by atoms with Crippen molar-refractivity contribution in [2.75, 3.05) is 31.1 Å². The average Bonchev–Trinajstić information content (AvgIpc) is 2.88. The molecule has 0 spiro atoms. The molecule has 0 saturated carbocycles. The molecule has 0 aliphatic carbocycles. The van der Waals surface area contributed by atoms with Crippen LogP contribution in [0.1, 0.15) is 12.8 Å². The maximum atomic E-state index is 12.7. The van der Waals surface area contributed by atoms with E-state index in [1.54, 1.807) is 9.80 Å². The van der Waals surface area contributed by atoms with Crippen molar-refractivity contribution in [2.24, 2.45) is 5.92 Å². The Balaban J connectivity index is 1.80. The molecule has 0 radical (unpaired) electrons. The number of hydrogen-bond donors (Lipinski definition) is 1. The Morgan fingerprint density at radius 1 is 1.24 bits per heavy atom. The van der Waals surface area contributed by atoms with Crippen molar-refractivity contribution in [1.82, 2.24) is 4.90 Å². The van der Waals surface area contributed by atoms with Crippen LogP contribution in [-0.4, -0.2) is 48.2 Å². The van der Waals surface area contributed by atoms with E-state index in [9.17, 15) is 9.59 Å². The molecular formula is C15H18N2O4. The highest BCUT2D eigenvalue weighted by Crippen LogP contribution is 2.32. The van der Waals surface area contributed by atoms with Crippen LogP contribution in [0.25, 0.3) is 0 Å². The summed E-state index contributed by atoms with van der Waals surface area (Å²) in [4.78, 5) is 27.0. The zero-order valence-corrected chi connectivity index (χ0v) is 11.7.